The number of hydrogen-bond donors (Lipinski definition) is 1. The van der Waals surface area contributed by atoms with Gasteiger partial charge in [0.25, 0.3) is 5.91 Å². The van der Waals surface area contributed by atoms with Gasteiger partial charge in [-0.15, -0.1) is 11.3 Å². The highest BCUT2D eigenvalue weighted by Gasteiger charge is 2.16. The van der Waals surface area contributed by atoms with Crippen LogP contribution in [0, 0.1) is 5.92 Å². The molecule has 1 aromatic heterocycles. The van der Waals surface area contributed by atoms with E-state index in [1.807, 2.05) is 0 Å². The zero-order chi connectivity index (χ0) is 14.4. The van der Waals surface area contributed by atoms with Crippen molar-refractivity contribution in [1.82, 2.24) is 4.90 Å². The standard InChI is InChI=1S/C14H19NO3S/c1-10(2)6-8-15(3)14(18)13-11(7-9-19-13)4-5-12(16)17/h4-5,7,9-10H,6,8H2,1-3H3,(H,16,17). The van der Waals surface area contributed by atoms with Crippen molar-refractivity contribution in [1.29, 1.82) is 0 Å². The molecule has 5 heteroatoms. The lowest BCUT2D eigenvalue weighted by Gasteiger charge is -2.17. The number of carbonyl (C=O) groups excluding carboxylic acids is 1. The summed E-state index contributed by atoms with van der Waals surface area (Å²) >= 11 is 1.34. The van der Waals surface area contributed by atoms with Gasteiger partial charge in [0.05, 0.1) is 4.88 Å². The van der Waals surface area contributed by atoms with Gasteiger partial charge in [0, 0.05) is 19.7 Å². The summed E-state index contributed by atoms with van der Waals surface area (Å²) < 4.78 is 0. The molecule has 1 amide bonds. The minimum atomic E-state index is -1.02. The van der Waals surface area contributed by atoms with Crippen LogP contribution in [0.1, 0.15) is 35.5 Å². The van der Waals surface area contributed by atoms with Gasteiger partial charge in [0.1, 0.15) is 0 Å². The first-order valence-electron chi connectivity index (χ1n) is 6.15. The van der Waals surface area contributed by atoms with Crippen molar-refractivity contribution in [2.45, 2.75) is 20.3 Å². The number of carboxylic acids is 1. The van der Waals surface area contributed by atoms with Gasteiger partial charge in [-0.05, 0) is 35.4 Å². The van der Waals surface area contributed by atoms with E-state index in [-0.39, 0.29) is 5.91 Å². The number of rotatable bonds is 6. The van der Waals surface area contributed by atoms with Crippen molar-refractivity contribution >= 4 is 29.3 Å². The number of thiophene rings is 1. The van der Waals surface area contributed by atoms with Crippen LogP contribution in [0.25, 0.3) is 6.08 Å². The molecule has 0 unspecified atom stereocenters. The predicted molar refractivity (Wildman–Crippen MR) is 77.4 cm³/mol. The molecule has 0 aliphatic carbocycles. The highest BCUT2D eigenvalue weighted by atomic mass is 32.1. The van der Waals surface area contributed by atoms with Gasteiger partial charge >= 0.3 is 5.97 Å². The molecule has 1 aromatic rings. The van der Waals surface area contributed by atoms with E-state index < -0.39 is 5.97 Å². The van der Waals surface area contributed by atoms with Crippen LogP contribution in [-0.4, -0.2) is 35.5 Å². The molecule has 0 radical (unpaired) electrons. The molecule has 0 aliphatic rings. The Morgan fingerprint density at radius 2 is 2.16 bits per heavy atom. The molecule has 4 nitrogen and oxygen atoms in total. The Bertz CT molecular complexity index is 477. The van der Waals surface area contributed by atoms with Crippen molar-refractivity contribution in [3.63, 3.8) is 0 Å². The van der Waals surface area contributed by atoms with Gasteiger partial charge in [-0.25, -0.2) is 4.79 Å². The fraction of sp³-hybridized carbons (Fsp3) is 0.429. The molecule has 0 fully saturated rings. The molecule has 0 saturated heterocycles. The molecule has 1 heterocycles. The summed E-state index contributed by atoms with van der Waals surface area (Å²) in [6.07, 6.45) is 3.46. The van der Waals surface area contributed by atoms with Gasteiger partial charge in [-0.2, -0.15) is 0 Å². The van der Waals surface area contributed by atoms with Crippen molar-refractivity contribution in [3.05, 3.63) is 28.0 Å². The summed E-state index contributed by atoms with van der Waals surface area (Å²) in [5.41, 5.74) is 0.661. The van der Waals surface area contributed by atoms with Crippen LogP contribution in [0.15, 0.2) is 17.5 Å². The van der Waals surface area contributed by atoms with E-state index in [0.717, 1.165) is 12.5 Å². The van der Waals surface area contributed by atoms with E-state index in [2.05, 4.69) is 13.8 Å². The first-order valence-corrected chi connectivity index (χ1v) is 7.03. The lowest BCUT2D eigenvalue weighted by Crippen LogP contribution is -2.28. The Morgan fingerprint density at radius 3 is 2.74 bits per heavy atom. The van der Waals surface area contributed by atoms with Crippen molar-refractivity contribution in [2.24, 2.45) is 5.92 Å². The van der Waals surface area contributed by atoms with Gasteiger partial charge in [0.2, 0.25) is 0 Å². The fourth-order valence-corrected chi connectivity index (χ4v) is 2.39. The van der Waals surface area contributed by atoms with Crippen LogP contribution in [0.5, 0.6) is 0 Å². The largest absolute Gasteiger partial charge is 0.478 e. The first-order chi connectivity index (χ1) is 8.91. The summed E-state index contributed by atoms with van der Waals surface area (Å²) in [4.78, 5) is 25.0. The van der Waals surface area contributed by atoms with Gasteiger partial charge in [-0.1, -0.05) is 13.8 Å². The zero-order valence-corrected chi connectivity index (χ0v) is 12.2. The Balaban J connectivity index is 2.77. The summed E-state index contributed by atoms with van der Waals surface area (Å²) in [6.45, 7) is 4.94. The van der Waals surface area contributed by atoms with E-state index in [1.165, 1.54) is 17.4 Å². The maximum Gasteiger partial charge on any atom is 0.328 e. The summed E-state index contributed by atoms with van der Waals surface area (Å²) in [5, 5.41) is 10.4. The number of amides is 1. The minimum Gasteiger partial charge on any atom is -0.478 e. The highest BCUT2D eigenvalue weighted by Crippen LogP contribution is 2.20. The van der Waals surface area contributed by atoms with Crippen LogP contribution in [-0.2, 0) is 4.79 Å². The lowest BCUT2D eigenvalue weighted by molar-refractivity contribution is -0.131. The predicted octanol–water partition coefficient (Wildman–Crippen LogP) is 2.96. The number of aliphatic carboxylic acids is 1. The molecule has 1 rings (SSSR count). The molecular formula is C14H19NO3S. The third-order valence-corrected chi connectivity index (χ3v) is 3.60. The van der Waals surface area contributed by atoms with Gasteiger partial charge in [-0.3, -0.25) is 4.79 Å². The van der Waals surface area contributed by atoms with Crippen LogP contribution in [0.4, 0.5) is 0 Å². The second-order valence-corrected chi connectivity index (χ2v) is 5.70. The minimum absolute atomic E-state index is 0.0549. The van der Waals surface area contributed by atoms with Gasteiger partial charge in [0.15, 0.2) is 0 Å². The Morgan fingerprint density at radius 1 is 1.47 bits per heavy atom. The molecule has 0 aromatic carbocycles. The summed E-state index contributed by atoms with van der Waals surface area (Å²) in [7, 11) is 1.77. The maximum atomic E-state index is 12.2. The normalized spacial score (nSPS) is 11.2. The molecule has 1 N–H and O–H groups in total. The smallest absolute Gasteiger partial charge is 0.328 e. The van der Waals surface area contributed by atoms with E-state index >= 15 is 0 Å². The topological polar surface area (TPSA) is 57.6 Å². The number of hydrogen-bond acceptors (Lipinski definition) is 3. The van der Waals surface area contributed by atoms with Crippen LogP contribution in [0.3, 0.4) is 0 Å². The van der Waals surface area contributed by atoms with Crippen LogP contribution >= 0.6 is 11.3 Å². The number of nitrogens with zero attached hydrogens (tertiary/aromatic N) is 1. The Kier molecular flexibility index (Phi) is 5.76. The number of carbonyl (C=O) groups is 2. The van der Waals surface area contributed by atoms with Crippen LogP contribution in [0.2, 0.25) is 0 Å². The zero-order valence-electron chi connectivity index (χ0n) is 11.4. The third-order valence-electron chi connectivity index (χ3n) is 2.68. The van der Waals surface area contributed by atoms with Crippen molar-refractivity contribution in [2.75, 3.05) is 13.6 Å². The molecule has 0 aliphatic heterocycles. The maximum absolute atomic E-state index is 12.2. The van der Waals surface area contributed by atoms with E-state index in [1.54, 1.807) is 23.4 Å². The first kappa shape index (κ1) is 15.4. The molecule has 0 bridgehead atoms. The van der Waals surface area contributed by atoms with E-state index in [0.29, 0.717) is 22.9 Å². The SMILES string of the molecule is CC(C)CCN(C)C(=O)c1sccc1C=CC(=O)O. The molecule has 0 atom stereocenters. The van der Waals surface area contributed by atoms with Gasteiger partial charge < -0.3 is 10.0 Å². The van der Waals surface area contributed by atoms with Crippen molar-refractivity contribution in [3.8, 4) is 0 Å². The molecule has 0 saturated carbocycles. The molecule has 104 valence electrons. The van der Waals surface area contributed by atoms with Crippen LogP contribution < -0.4 is 0 Å². The van der Waals surface area contributed by atoms with E-state index in [4.69, 9.17) is 5.11 Å². The average molecular weight is 281 g/mol. The third kappa shape index (κ3) is 4.87. The number of carboxylic acid groups (broad SMARTS) is 1. The quantitative estimate of drug-likeness (QED) is 0.816. The second-order valence-electron chi connectivity index (χ2n) is 4.79. The monoisotopic (exact) mass is 281 g/mol. The Hall–Kier alpha value is -1.62. The van der Waals surface area contributed by atoms with E-state index in [9.17, 15) is 9.59 Å². The average Bonchev–Trinajstić information content (AvgIpc) is 2.80. The summed E-state index contributed by atoms with van der Waals surface area (Å²) in [5.74, 6) is -0.525. The van der Waals surface area contributed by atoms with Crippen molar-refractivity contribution < 1.29 is 14.7 Å². The Labute approximate surface area is 117 Å². The lowest BCUT2D eigenvalue weighted by atomic mass is 10.1. The molecular weight excluding hydrogens is 262 g/mol. The summed E-state index contributed by atoms with van der Waals surface area (Å²) in [6, 6.07) is 1.76. The molecule has 0 spiro atoms. The molecule has 19 heavy (non-hydrogen) atoms. The second kappa shape index (κ2) is 7.09. The fourth-order valence-electron chi connectivity index (χ4n) is 1.51. The highest BCUT2D eigenvalue weighted by molar-refractivity contribution is 7.12.